The van der Waals surface area contributed by atoms with Gasteiger partial charge in [-0.3, -0.25) is 14.5 Å². The van der Waals surface area contributed by atoms with Crippen LogP contribution in [0.15, 0.2) is 30.3 Å². The summed E-state index contributed by atoms with van der Waals surface area (Å²) in [7, 11) is 0. The van der Waals surface area contributed by atoms with Gasteiger partial charge in [0, 0.05) is 6.04 Å². The zero-order valence-corrected chi connectivity index (χ0v) is 12.4. The van der Waals surface area contributed by atoms with Crippen LogP contribution in [0, 0.1) is 0 Å². The number of benzene rings is 1. The third-order valence-corrected chi connectivity index (χ3v) is 3.87. The van der Waals surface area contributed by atoms with E-state index in [0.29, 0.717) is 6.61 Å². The third kappa shape index (κ3) is 4.82. The highest BCUT2D eigenvalue weighted by Crippen LogP contribution is 2.27. The molecular formula is C16H21NO5. The van der Waals surface area contributed by atoms with Crippen LogP contribution in [-0.2, 0) is 20.9 Å². The van der Waals surface area contributed by atoms with Crippen LogP contribution in [0.5, 0.6) is 0 Å². The maximum absolute atomic E-state index is 11.0. The predicted molar refractivity (Wildman–Crippen MR) is 79.5 cm³/mol. The predicted octanol–water partition coefficient (Wildman–Crippen LogP) is 1.60. The van der Waals surface area contributed by atoms with Gasteiger partial charge in [0.25, 0.3) is 0 Å². The Hall–Kier alpha value is -1.92. The smallest absolute Gasteiger partial charge is 0.317 e. The highest BCUT2D eigenvalue weighted by Gasteiger charge is 2.34. The van der Waals surface area contributed by atoms with Crippen LogP contribution in [0.4, 0.5) is 0 Å². The molecular weight excluding hydrogens is 286 g/mol. The fourth-order valence-electron chi connectivity index (χ4n) is 2.93. The van der Waals surface area contributed by atoms with Crippen LogP contribution in [0.1, 0.15) is 24.8 Å². The van der Waals surface area contributed by atoms with Crippen molar-refractivity contribution in [2.45, 2.75) is 38.0 Å². The minimum atomic E-state index is -1.02. The third-order valence-electron chi connectivity index (χ3n) is 3.87. The molecule has 6 nitrogen and oxygen atoms in total. The molecule has 1 fully saturated rings. The molecule has 0 spiro atoms. The number of carboxylic acid groups (broad SMARTS) is 2. The maximum Gasteiger partial charge on any atom is 0.317 e. The summed E-state index contributed by atoms with van der Waals surface area (Å²) >= 11 is 0. The van der Waals surface area contributed by atoms with Gasteiger partial charge in [-0.05, 0) is 24.8 Å². The summed E-state index contributed by atoms with van der Waals surface area (Å²) in [5.41, 5.74) is 1.05. The van der Waals surface area contributed by atoms with E-state index in [9.17, 15) is 9.59 Å². The first-order valence-electron chi connectivity index (χ1n) is 7.39. The zero-order valence-electron chi connectivity index (χ0n) is 12.4. The van der Waals surface area contributed by atoms with E-state index in [1.165, 1.54) is 4.90 Å². The minimum Gasteiger partial charge on any atom is -0.480 e. The number of carbonyl (C=O) groups is 2. The molecule has 1 aliphatic carbocycles. The zero-order chi connectivity index (χ0) is 15.9. The number of hydrogen-bond donors (Lipinski definition) is 2. The fourth-order valence-corrected chi connectivity index (χ4v) is 2.93. The van der Waals surface area contributed by atoms with Crippen molar-refractivity contribution in [3.8, 4) is 0 Å². The molecule has 6 heteroatoms. The molecule has 0 aromatic heterocycles. The second-order valence-electron chi connectivity index (χ2n) is 5.53. The Labute approximate surface area is 129 Å². The Morgan fingerprint density at radius 2 is 1.73 bits per heavy atom. The van der Waals surface area contributed by atoms with Gasteiger partial charge in [-0.25, -0.2) is 0 Å². The first-order valence-corrected chi connectivity index (χ1v) is 7.39. The molecule has 1 aliphatic rings. The molecule has 120 valence electrons. The van der Waals surface area contributed by atoms with E-state index in [2.05, 4.69) is 0 Å². The van der Waals surface area contributed by atoms with Gasteiger partial charge in [0.15, 0.2) is 0 Å². The van der Waals surface area contributed by atoms with E-state index in [0.717, 1.165) is 24.8 Å². The van der Waals surface area contributed by atoms with Crippen LogP contribution < -0.4 is 0 Å². The topological polar surface area (TPSA) is 87.1 Å². The van der Waals surface area contributed by atoms with Crippen LogP contribution in [-0.4, -0.2) is 52.3 Å². The van der Waals surface area contributed by atoms with Crippen LogP contribution in [0.25, 0.3) is 0 Å². The molecule has 2 rings (SSSR count). The maximum atomic E-state index is 11.0. The summed E-state index contributed by atoms with van der Waals surface area (Å²) in [6.07, 6.45) is 2.38. The van der Waals surface area contributed by atoms with Gasteiger partial charge in [0.1, 0.15) is 0 Å². The molecule has 1 saturated carbocycles. The van der Waals surface area contributed by atoms with Gasteiger partial charge in [0.2, 0.25) is 0 Å². The van der Waals surface area contributed by atoms with E-state index >= 15 is 0 Å². The lowest BCUT2D eigenvalue weighted by atomic mass is 10.1. The summed E-state index contributed by atoms with van der Waals surface area (Å²) in [5, 5.41) is 18.0. The fraction of sp³-hybridized carbons (Fsp3) is 0.500. The summed E-state index contributed by atoms with van der Waals surface area (Å²) in [6.45, 7) is -0.0969. The van der Waals surface area contributed by atoms with Crippen molar-refractivity contribution in [1.29, 1.82) is 0 Å². The molecule has 0 heterocycles. The normalized spacial score (nSPS) is 21.1. The quantitative estimate of drug-likeness (QED) is 0.758. The minimum absolute atomic E-state index is 0.126. The number of ether oxygens (including phenoxy) is 1. The Morgan fingerprint density at radius 3 is 2.32 bits per heavy atom. The summed E-state index contributed by atoms with van der Waals surface area (Å²) in [5.74, 6) is -2.04. The van der Waals surface area contributed by atoms with Crippen molar-refractivity contribution in [1.82, 2.24) is 4.90 Å². The first-order chi connectivity index (χ1) is 10.6. The number of rotatable bonds is 8. The van der Waals surface area contributed by atoms with E-state index in [4.69, 9.17) is 14.9 Å². The number of carboxylic acids is 2. The van der Waals surface area contributed by atoms with Crippen LogP contribution >= 0.6 is 0 Å². The van der Waals surface area contributed by atoms with E-state index in [1.54, 1.807) is 0 Å². The molecule has 2 N–H and O–H groups in total. The van der Waals surface area contributed by atoms with Gasteiger partial charge in [0.05, 0.1) is 25.8 Å². The highest BCUT2D eigenvalue weighted by atomic mass is 16.5. The first kappa shape index (κ1) is 16.5. The lowest BCUT2D eigenvalue weighted by Crippen LogP contribution is -2.46. The molecule has 22 heavy (non-hydrogen) atoms. The van der Waals surface area contributed by atoms with E-state index in [-0.39, 0.29) is 25.2 Å². The second kappa shape index (κ2) is 7.91. The van der Waals surface area contributed by atoms with Gasteiger partial charge in [-0.15, -0.1) is 0 Å². The lowest BCUT2D eigenvalue weighted by Gasteiger charge is -2.30. The van der Waals surface area contributed by atoms with Crippen molar-refractivity contribution in [2.75, 3.05) is 13.1 Å². The average molecular weight is 307 g/mol. The van der Waals surface area contributed by atoms with Crippen molar-refractivity contribution >= 4 is 11.9 Å². The summed E-state index contributed by atoms with van der Waals surface area (Å²) in [6, 6.07) is 9.59. The molecule has 2 atom stereocenters. The van der Waals surface area contributed by atoms with Gasteiger partial charge in [-0.2, -0.15) is 0 Å². The van der Waals surface area contributed by atoms with Crippen molar-refractivity contribution in [2.24, 2.45) is 0 Å². The van der Waals surface area contributed by atoms with Gasteiger partial charge < -0.3 is 14.9 Å². The number of hydrogen-bond acceptors (Lipinski definition) is 4. The largest absolute Gasteiger partial charge is 0.480 e. The molecule has 1 aromatic rings. The molecule has 2 unspecified atom stereocenters. The van der Waals surface area contributed by atoms with E-state index < -0.39 is 11.9 Å². The molecule has 0 radical (unpaired) electrons. The molecule has 0 aliphatic heterocycles. The Balaban J connectivity index is 1.97. The Kier molecular flexibility index (Phi) is 5.91. The van der Waals surface area contributed by atoms with Crippen LogP contribution in [0.2, 0.25) is 0 Å². The molecule has 0 saturated heterocycles. The summed E-state index contributed by atoms with van der Waals surface area (Å²) < 4.78 is 5.92. The molecule has 0 amide bonds. The van der Waals surface area contributed by atoms with Crippen LogP contribution in [0.3, 0.4) is 0 Å². The van der Waals surface area contributed by atoms with Crippen molar-refractivity contribution in [3.63, 3.8) is 0 Å². The number of aliphatic carboxylic acids is 2. The van der Waals surface area contributed by atoms with Gasteiger partial charge >= 0.3 is 11.9 Å². The van der Waals surface area contributed by atoms with Gasteiger partial charge in [-0.1, -0.05) is 30.3 Å². The Morgan fingerprint density at radius 1 is 1.09 bits per heavy atom. The van der Waals surface area contributed by atoms with Crippen molar-refractivity contribution in [3.05, 3.63) is 35.9 Å². The summed E-state index contributed by atoms with van der Waals surface area (Å²) in [4.78, 5) is 23.4. The standard InChI is InChI=1S/C16H21NO5/c18-15(19)9-17(10-16(20)21)13-7-4-8-14(13)22-11-12-5-2-1-3-6-12/h1-3,5-6,13-14H,4,7-11H2,(H,18,19)(H,20,21). The molecule has 0 bridgehead atoms. The second-order valence-corrected chi connectivity index (χ2v) is 5.53. The average Bonchev–Trinajstić information content (AvgIpc) is 2.93. The SMILES string of the molecule is O=C(O)CN(CC(=O)O)C1CCCC1OCc1ccccc1. The Bertz CT molecular complexity index is 489. The van der Waals surface area contributed by atoms with Crippen molar-refractivity contribution < 1.29 is 24.5 Å². The monoisotopic (exact) mass is 307 g/mol. The highest BCUT2D eigenvalue weighted by molar-refractivity contribution is 5.72. The van der Waals surface area contributed by atoms with E-state index in [1.807, 2.05) is 30.3 Å². The molecule has 1 aromatic carbocycles. The lowest BCUT2D eigenvalue weighted by molar-refractivity contribution is -0.144. The number of nitrogens with zero attached hydrogens (tertiary/aromatic N) is 1.